The number of halogens is 3. The number of benzene rings is 1. The normalized spacial score (nSPS) is 14.0. The lowest BCUT2D eigenvalue weighted by Crippen LogP contribution is -2.10. The van der Waals surface area contributed by atoms with Gasteiger partial charge in [-0.1, -0.05) is 0 Å². The molecule has 1 aromatic rings. The number of nitrogens with two attached hydrogens (primary N) is 1. The molecule has 1 aromatic carbocycles. The van der Waals surface area contributed by atoms with E-state index >= 15 is 0 Å². The quantitative estimate of drug-likeness (QED) is 0.847. The molecular weight excluding hydrogens is 247 g/mol. The van der Waals surface area contributed by atoms with Crippen molar-refractivity contribution in [2.45, 2.75) is 25.4 Å². The molecule has 1 aliphatic rings. The number of unbranched alkanes of at least 4 members (excludes halogenated alkanes) is 1. The van der Waals surface area contributed by atoms with E-state index in [1.54, 1.807) is 0 Å². The van der Waals surface area contributed by atoms with Gasteiger partial charge in [-0.25, -0.2) is 0 Å². The lowest BCUT2D eigenvalue weighted by atomic mass is 9.99. The summed E-state index contributed by atoms with van der Waals surface area (Å²) in [4.78, 5) is 0. The first-order valence-corrected chi connectivity index (χ1v) is 5.73. The fourth-order valence-electron chi connectivity index (χ4n) is 1.99. The fraction of sp³-hybridized carbons (Fsp3) is 0.500. The lowest BCUT2D eigenvalue weighted by molar-refractivity contribution is -0.138. The molecular formula is C12H14F3NO2. The van der Waals surface area contributed by atoms with Crippen molar-refractivity contribution in [2.75, 3.05) is 13.3 Å². The predicted molar refractivity (Wildman–Crippen MR) is 59.6 cm³/mol. The van der Waals surface area contributed by atoms with Gasteiger partial charge >= 0.3 is 6.18 Å². The molecule has 0 saturated heterocycles. The Kier molecular flexibility index (Phi) is 3.65. The zero-order chi connectivity index (χ0) is 13.2. The van der Waals surface area contributed by atoms with Crippen molar-refractivity contribution in [3.8, 4) is 11.5 Å². The number of rotatable bonds is 4. The number of fused-ring (bicyclic) bond motifs is 1. The summed E-state index contributed by atoms with van der Waals surface area (Å²) in [6.45, 7) is 0.439. The summed E-state index contributed by atoms with van der Waals surface area (Å²) in [7, 11) is 0. The molecule has 2 N–H and O–H groups in total. The second-order valence-electron chi connectivity index (χ2n) is 4.07. The van der Waals surface area contributed by atoms with E-state index in [0.717, 1.165) is 6.07 Å². The van der Waals surface area contributed by atoms with Crippen LogP contribution in [0, 0.1) is 0 Å². The van der Waals surface area contributed by atoms with Gasteiger partial charge in [-0.15, -0.1) is 0 Å². The van der Waals surface area contributed by atoms with Gasteiger partial charge in [0.2, 0.25) is 6.79 Å². The Morgan fingerprint density at radius 1 is 1.17 bits per heavy atom. The van der Waals surface area contributed by atoms with Crippen molar-refractivity contribution in [2.24, 2.45) is 5.73 Å². The Morgan fingerprint density at radius 2 is 1.94 bits per heavy atom. The van der Waals surface area contributed by atoms with Gasteiger partial charge in [-0.3, -0.25) is 0 Å². The second-order valence-corrected chi connectivity index (χ2v) is 4.07. The molecule has 0 radical (unpaired) electrons. The smallest absolute Gasteiger partial charge is 0.416 e. The Morgan fingerprint density at radius 3 is 2.61 bits per heavy atom. The van der Waals surface area contributed by atoms with Crippen LogP contribution in [0.4, 0.5) is 13.2 Å². The third kappa shape index (κ3) is 2.53. The maximum Gasteiger partial charge on any atom is 0.416 e. The van der Waals surface area contributed by atoms with Crippen molar-refractivity contribution >= 4 is 0 Å². The van der Waals surface area contributed by atoms with Crippen LogP contribution in [-0.4, -0.2) is 13.3 Å². The van der Waals surface area contributed by atoms with Crippen molar-refractivity contribution < 1.29 is 22.6 Å². The Labute approximate surface area is 103 Å². The van der Waals surface area contributed by atoms with Crippen LogP contribution in [0.3, 0.4) is 0 Å². The zero-order valence-corrected chi connectivity index (χ0v) is 9.72. The highest BCUT2D eigenvalue weighted by molar-refractivity contribution is 5.53. The molecule has 0 aliphatic carbocycles. The molecule has 2 rings (SSSR count). The van der Waals surface area contributed by atoms with Gasteiger partial charge in [0.1, 0.15) is 0 Å². The van der Waals surface area contributed by atoms with Crippen LogP contribution >= 0.6 is 0 Å². The van der Waals surface area contributed by atoms with Crippen LogP contribution in [0.1, 0.15) is 24.0 Å². The molecule has 0 amide bonds. The van der Waals surface area contributed by atoms with Crippen LogP contribution in [0.25, 0.3) is 0 Å². The van der Waals surface area contributed by atoms with Gasteiger partial charge in [-0.2, -0.15) is 13.2 Å². The molecule has 0 saturated carbocycles. The third-order valence-electron chi connectivity index (χ3n) is 2.83. The summed E-state index contributed by atoms with van der Waals surface area (Å²) < 4.78 is 49.0. The van der Waals surface area contributed by atoms with E-state index in [1.807, 2.05) is 0 Å². The molecule has 0 aromatic heterocycles. The Balaban J connectivity index is 2.35. The highest BCUT2D eigenvalue weighted by Gasteiger charge is 2.36. The molecule has 0 spiro atoms. The summed E-state index contributed by atoms with van der Waals surface area (Å²) in [5, 5.41) is 0. The van der Waals surface area contributed by atoms with E-state index in [4.69, 9.17) is 15.2 Å². The minimum atomic E-state index is -4.38. The zero-order valence-electron chi connectivity index (χ0n) is 9.72. The summed E-state index contributed by atoms with van der Waals surface area (Å²) in [5.41, 5.74) is 4.87. The van der Waals surface area contributed by atoms with Crippen molar-refractivity contribution in [1.29, 1.82) is 0 Å². The van der Waals surface area contributed by atoms with Crippen LogP contribution in [-0.2, 0) is 12.6 Å². The van der Waals surface area contributed by atoms with Gasteiger partial charge in [0.05, 0.1) is 5.56 Å². The monoisotopic (exact) mass is 261 g/mol. The first-order valence-electron chi connectivity index (χ1n) is 5.73. The standard InChI is InChI=1S/C12H14F3NO2/c13-12(14,15)9-4-5-10-11(18-7-17-10)8(9)3-1-2-6-16/h4-5H,1-3,6-7,16H2. The summed E-state index contributed by atoms with van der Waals surface area (Å²) >= 11 is 0. The Hall–Kier alpha value is -1.43. The van der Waals surface area contributed by atoms with Crippen LogP contribution in [0.15, 0.2) is 12.1 Å². The van der Waals surface area contributed by atoms with Crippen molar-refractivity contribution in [1.82, 2.24) is 0 Å². The minimum Gasteiger partial charge on any atom is -0.454 e. The van der Waals surface area contributed by atoms with E-state index in [0.29, 0.717) is 31.6 Å². The molecule has 0 atom stereocenters. The number of ether oxygens (including phenoxy) is 2. The maximum absolute atomic E-state index is 12.9. The average molecular weight is 261 g/mol. The molecule has 0 fully saturated rings. The van der Waals surface area contributed by atoms with E-state index in [9.17, 15) is 13.2 Å². The van der Waals surface area contributed by atoms with Crippen LogP contribution in [0.2, 0.25) is 0 Å². The molecule has 18 heavy (non-hydrogen) atoms. The van der Waals surface area contributed by atoms with Gasteiger partial charge in [0, 0.05) is 5.56 Å². The van der Waals surface area contributed by atoms with Crippen molar-refractivity contribution in [3.05, 3.63) is 23.3 Å². The number of hydrogen-bond donors (Lipinski definition) is 1. The molecule has 6 heteroatoms. The maximum atomic E-state index is 12.9. The molecule has 100 valence electrons. The highest BCUT2D eigenvalue weighted by Crippen LogP contribution is 2.43. The van der Waals surface area contributed by atoms with Gasteiger partial charge in [0.15, 0.2) is 11.5 Å². The second kappa shape index (κ2) is 5.06. The first-order chi connectivity index (χ1) is 8.54. The molecule has 0 unspecified atom stereocenters. The summed E-state index contributed by atoms with van der Waals surface area (Å²) in [6.07, 6.45) is -2.81. The van der Waals surface area contributed by atoms with Crippen molar-refractivity contribution in [3.63, 3.8) is 0 Å². The van der Waals surface area contributed by atoms with Gasteiger partial charge < -0.3 is 15.2 Å². The third-order valence-corrected chi connectivity index (χ3v) is 2.83. The molecule has 0 bridgehead atoms. The van der Waals surface area contributed by atoms with E-state index in [-0.39, 0.29) is 18.1 Å². The molecule has 1 heterocycles. The van der Waals surface area contributed by atoms with Crippen LogP contribution < -0.4 is 15.2 Å². The SMILES string of the molecule is NCCCCc1c(C(F)(F)F)ccc2c1OCO2. The average Bonchev–Trinajstić information content (AvgIpc) is 2.76. The van der Waals surface area contributed by atoms with E-state index in [2.05, 4.69) is 0 Å². The predicted octanol–water partition coefficient (Wildman–Crippen LogP) is 2.72. The summed E-state index contributed by atoms with van der Waals surface area (Å²) in [5.74, 6) is 0.604. The summed E-state index contributed by atoms with van der Waals surface area (Å²) in [6, 6.07) is 2.35. The largest absolute Gasteiger partial charge is 0.454 e. The van der Waals surface area contributed by atoms with Crippen LogP contribution in [0.5, 0.6) is 11.5 Å². The van der Waals surface area contributed by atoms with Gasteiger partial charge in [-0.05, 0) is 37.9 Å². The lowest BCUT2D eigenvalue weighted by Gasteiger charge is -2.14. The fourth-order valence-corrected chi connectivity index (χ4v) is 1.99. The van der Waals surface area contributed by atoms with Gasteiger partial charge in [0.25, 0.3) is 0 Å². The highest BCUT2D eigenvalue weighted by atomic mass is 19.4. The minimum absolute atomic E-state index is 0.0272. The molecule has 1 aliphatic heterocycles. The number of alkyl halides is 3. The first kappa shape index (κ1) is 13.0. The van der Waals surface area contributed by atoms with E-state index in [1.165, 1.54) is 6.07 Å². The topological polar surface area (TPSA) is 44.5 Å². The molecule has 3 nitrogen and oxygen atoms in total. The van der Waals surface area contributed by atoms with E-state index < -0.39 is 11.7 Å². The Bertz CT molecular complexity index is 432. The number of hydrogen-bond acceptors (Lipinski definition) is 3.